The second-order valence-corrected chi connectivity index (χ2v) is 5.58. The van der Waals surface area contributed by atoms with E-state index >= 15 is 0 Å². The molecule has 0 radical (unpaired) electrons. The molecule has 4 aromatic rings. The first-order valence-electron chi connectivity index (χ1n) is 7.71. The molecule has 0 amide bonds. The molecule has 0 fully saturated rings. The van der Waals surface area contributed by atoms with Crippen LogP contribution in [0.3, 0.4) is 0 Å². The summed E-state index contributed by atoms with van der Waals surface area (Å²) in [5, 5.41) is 3.81. The van der Waals surface area contributed by atoms with Crippen molar-refractivity contribution in [2.24, 2.45) is 0 Å². The number of methoxy groups -OCH3 is 2. The lowest BCUT2D eigenvalue weighted by atomic mass is 10.2. The molecule has 2 aromatic carbocycles. The second kappa shape index (κ2) is 6.14. The van der Waals surface area contributed by atoms with Crippen LogP contribution in [-0.2, 0) is 0 Å². The lowest BCUT2D eigenvalue weighted by Gasteiger charge is -2.07. The van der Waals surface area contributed by atoms with E-state index in [0.717, 1.165) is 23.0 Å². The van der Waals surface area contributed by atoms with Crippen LogP contribution in [0.25, 0.3) is 21.9 Å². The van der Waals surface area contributed by atoms with Crippen molar-refractivity contribution in [1.82, 2.24) is 15.0 Å². The highest BCUT2D eigenvalue weighted by atomic mass is 19.2. The summed E-state index contributed by atoms with van der Waals surface area (Å²) in [6.45, 7) is 0. The minimum absolute atomic E-state index is 0.373. The summed E-state index contributed by atoms with van der Waals surface area (Å²) in [4.78, 5) is 11.8. The van der Waals surface area contributed by atoms with Gasteiger partial charge < -0.3 is 19.8 Å². The average Bonchev–Trinajstić information content (AvgIpc) is 3.02. The van der Waals surface area contributed by atoms with Gasteiger partial charge in [0.05, 0.1) is 19.7 Å². The Morgan fingerprint density at radius 2 is 1.73 bits per heavy atom. The summed E-state index contributed by atoms with van der Waals surface area (Å²) < 4.78 is 37.2. The zero-order valence-corrected chi connectivity index (χ0v) is 13.9. The van der Waals surface area contributed by atoms with Gasteiger partial charge in [-0.25, -0.2) is 18.7 Å². The number of ether oxygens (including phenoxy) is 2. The highest BCUT2D eigenvalue weighted by Crippen LogP contribution is 2.36. The molecule has 0 bridgehead atoms. The van der Waals surface area contributed by atoms with Crippen LogP contribution in [0.2, 0.25) is 0 Å². The van der Waals surface area contributed by atoms with Crippen molar-refractivity contribution in [3.8, 4) is 11.5 Å². The monoisotopic (exact) mass is 356 g/mol. The molecule has 2 heterocycles. The molecular formula is C18H14F2N4O2. The molecule has 0 aliphatic rings. The van der Waals surface area contributed by atoms with Gasteiger partial charge in [0.2, 0.25) is 0 Å². The van der Waals surface area contributed by atoms with Crippen molar-refractivity contribution in [1.29, 1.82) is 0 Å². The smallest absolute Gasteiger partial charge is 0.162 e. The number of rotatable bonds is 4. The third-order valence-electron chi connectivity index (χ3n) is 4.07. The Morgan fingerprint density at radius 3 is 2.46 bits per heavy atom. The number of benzene rings is 2. The topological polar surface area (TPSA) is 72.1 Å². The number of H-pyrrole nitrogens is 1. The van der Waals surface area contributed by atoms with Crippen LogP contribution in [0, 0.1) is 11.6 Å². The first kappa shape index (κ1) is 16.1. The van der Waals surface area contributed by atoms with E-state index in [0.29, 0.717) is 34.0 Å². The molecule has 0 spiro atoms. The molecule has 0 aliphatic heterocycles. The van der Waals surface area contributed by atoms with Gasteiger partial charge in [-0.1, -0.05) is 0 Å². The summed E-state index contributed by atoms with van der Waals surface area (Å²) in [7, 11) is 3.12. The molecule has 2 N–H and O–H groups in total. The molecule has 0 atom stereocenters. The van der Waals surface area contributed by atoms with E-state index in [1.807, 2.05) is 6.07 Å². The summed E-state index contributed by atoms with van der Waals surface area (Å²) in [6, 6.07) is 7.18. The highest BCUT2D eigenvalue weighted by Gasteiger charge is 2.15. The Balaban J connectivity index is 1.86. The van der Waals surface area contributed by atoms with Crippen molar-refractivity contribution in [3.05, 3.63) is 48.3 Å². The lowest BCUT2D eigenvalue weighted by molar-refractivity contribution is 0.356. The van der Waals surface area contributed by atoms with Gasteiger partial charge in [0, 0.05) is 23.2 Å². The van der Waals surface area contributed by atoms with Gasteiger partial charge in [-0.05, 0) is 18.2 Å². The van der Waals surface area contributed by atoms with Crippen molar-refractivity contribution < 1.29 is 18.3 Å². The fraction of sp³-hybridized carbons (Fsp3) is 0.111. The van der Waals surface area contributed by atoms with Crippen LogP contribution >= 0.6 is 0 Å². The minimum atomic E-state index is -0.939. The van der Waals surface area contributed by atoms with Crippen LogP contribution in [0.4, 0.5) is 20.3 Å². The van der Waals surface area contributed by atoms with Crippen molar-refractivity contribution in [2.75, 3.05) is 19.5 Å². The SMILES string of the molecule is COc1cc2[nH]c3c(Nc4ccc(F)c(F)c4)ncnc3c2cc1OC. The number of anilines is 2. The Bertz CT molecular complexity index is 1130. The van der Waals surface area contributed by atoms with Gasteiger partial charge in [0.15, 0.2) is 29.0 Å². The summed E-state index contributed by atoms with van der Waals surface area (Å²) in [6.07, 6.45) is 1.40. The number of nitrogens with zero attached hydrogens (tertiary/aromatic N) is 2. The van der Waals surface area contributed by atoms with E-state index in [1.165, 1.54) is 12.4 Å². The quantitative estimate of drug-likeness (QED) is 0.575. The Labute approximate surface area is 146 Å². The molecular weight excluding hydrogens is 342 g/mol. The van der Waals surface area contributed by atoms with E-state index in [1.54, 1.807) is 20.3 Å². The zero-order valence-electron chi connectivity index (χ0n) is 13.9. The maximum Gasteiger partial charge on any atom is 0.162 e. The number of aromatic nitrogens is 3. The van der Waals surface area contributed by atoms with E-state index in [2.05, 4.69) is 20.3 Å². The van der Waals surface area contributed by atoms with Crippen LogP contribution in [0.1, 0.15) is 0 Å². The Hall–Kier alpha value is -3.42. The molecule has 0 saturated carbocycles. The summed E-state index contributed by atoms with van der Waals surface area (Å²) in [5.41, 5.74) is 2.45. The molecule has 0 unspecified atom stereocenters. The molecule has 8 heteroatoms. The molecule has 132 valence electrons. The standard InChI is InChI=1S/C18H14F2N4O2/c1-25-14-6-10-13(7-15(14)26-2)24-17-16(10)21-8-22-18(17)23-9-3-4-11(19)12(20)5-9/h3-8,24H,1-2H3,(H,21,22,23). The molecule has 0 aliphatic carbocycles. The van der Waals surface area contributed by atoms with Crippen molar-refractivity contribution in [2.45, 2.75) is 0 Å². The van der Waals surface area contributed by atoms with Gasteiger partial charge in [0.1, 0.15) is 17.4 Å². The van der Waals surface area contributed by atoms with Gasteiger partial charge in [-0.2, -0.15) is 0 Å². The molecule has 0 saturated heterocycles. The molecule has 26 heavy (non-hydrogen) atoms. The van der Waals surface area contributed by atoms with Gasteiger partial charge in [-0.15, -0.1) is 0 Å². The van der Waals surface area contributed by atoms with Crippen molar-refractivity contribution >= 4 is 33.4 Å². The fourth-order valence-electron chi connectivity index (χ4n) is 2.83. The number of hydrogen-bond acceptors (Lipinski definition) is 5. The maximum atomic E-state index is 13.4. The van der Waals surface area contributed by atoms with Gasteiger partial charge in [0.25, 0.3) is 0 Å². The number of halogens is 2. The Kier molecular flexibility index (Phi) is 3.80. The van der Waals surface area contributed by atoms with E-state index in [9.17, 15) is 8.78 Å². The normalized spacial score (nSPS) is 11.1. The number of hydrogen-bond donors (Lipinski definition) is 2. The van der Waals surface area contributed by atoms with E-state index in [4.69, 9.17) is 9.47 Å². The third kappa shape index (κ3) is 2.55. The molecule has 6 nitrogen and oxygen atoms in total. The zero-order chi connectivity index (χ0) is 18.3. The van der Waals surface area contributed by atoms with Crippen molar-refractivity contribution in [3.63, 3.8) is 0 Å². The largest absolute Gasteiger partial charge is 0.493 e. The minimum Gasteiger partial charge on any atom is -0.493 e. The van der Waals surface area contributed by atoms with Crippen LogP contribution in [0.15, 0.2) is 36.7 Å². The van der Waals surface area contributed by atoms with Crippen LogP contribution < -0.4 is 14.8 Å². The average molecular weight is 356 g/mol. The van der Waals surface area contributed by atoms with Gasteiger partial charge >= 0.3 is 0 Å². The maximum absolute atomic E-state index is 13.4. The van der Waals surface area contributed by atoms with Crippen LogP contribution in [0.5, 0.6) is 11.5 Å². The number of fused-ring (bicyclic) bond motifs is 3. The first-order chi connectivity index (χ1) is 12.6. The molecule has 4 rings (SSSR count). The molecule has 2 aromatic heterocycles. The Morgan fingerprint density at radius 1 is 0.962 bits per heavy atom. The van der Waals surface area contributed by atoms with E-state index in [-0.39, 0.29) is 0 Å². The fourth-order valence-corrected chi connectivity index (χ4v) is 2.83. The van der Waals surface area contributed by atoms with Gasteiger partial charge in [-0.3, -0.25) is 0 Å². The van der Waals surface area contributed by atoms with E-state index < -0.39 is 11.6 Å². The summed E-state index contributed by atoms with van der Waals surface area (Å²) >= 11 is 0. The first-order valence-corrected chi connectivity index (χ1v) is 7.71. The predicted molar refractivity (Wildman–Crippen MR) is 94.1 cm³/mol. The number of aromatic amines is 1. The van der Waals surface area contributed by atoms with Crippen LogP contribution in [-0.4, -0.2) is 29.2 Å². The lowest BCUT2D eigenvalue weighted by Crippen LogP contribution is -1.97. The summed E-state index contributed by atoms with van der Waals surface area (Å²) in [5.74, 6) is -0.251. The predicted octanol–water partition coefficient (Wildman–Crippen LogP) is 4.15. The third-order valence-corrected chi connectivity index (χ3v) is 4.07. The number of nitrogens with one attached hydrogen (secondary N) is 2. The highest BCUT2D eigenvalue weighted by molar-refractivity contribution is 6.09. The second-order valence-electron chi connectivity index (χ2n) is 5.58.